The molecule has 1 aromatic carbocycles. The van der Waals surface area contributed by atoms with E-state index in [4.69, 9.17) is 11.6 Å². The van der Waals surface area contributed by atoms with Gasteiger partial charge in [0.05, 0.1) is 0 Å². The van der Waals surface area contributed by atoms with Crippen molar-refractivity contribution in [3.05, 3.63) is 53.6 Å². The van der Waals surface area contributed by atoms with Gasteiger partial charge in [-0.2, -0.15) is 0 Å². The lowest BCUT2D eigenvalue weighted by Gasteiger charge is -1.99. The molecule has 0 aliphatic carbocycles. The van der Waals surface area contributed by atoms with Crippen LogP contribution in [0.2, 0.25) is 5.02 Å². The minimum atomic E-state index is -0.273. The molecule has 0 spiro atoms. The largest absolute Gasteiger partial charge is 0.268 e. The summed E-state index contributed by atoms with van der Waals surface area (Å²) in [7, 11) is 0. The first-order valence-electron chi connectivity index (χ1n) is 4.83. The second-order valence-corrected chi connectivity index (χ2v) is 3.67. The van der Waals surface area contributed by atoms with Crippen LogP contribution in [-0.4, -0.2) is 20.8 Å². The van der Waals surface area contributed by atoms with Gasteiger partial charge < -0.3 is 0 Å². The molecule has 17 heavy (non-hydrogen) atoms. The number of halogens is 1. The van der Waals surface area contributed by atoms with Gasteiger partial charge >= 0.3 is 0 Å². The summed E-state index contributed by atoms with van der Waals surface area (Å²) in [5.74, 6) is -0.273. The van der Waals surface area contributed by atoms with Crippen LogP contribution in [-0.2, 0) is 4.79 Å². The number of hydrogen-bond donors (Lipinski definition) is 1. The van der Waals surface area contributed by atoms with Crippen molar-refractivity contribution in [3.8, 4) is 0 Å². The minimum Gasteiger partial charge on any atom is -0.268 e. The second-order valence-electron chi connectivity index (χ2n) is 3.23. The topological polar surface area (TPSA) is 59.8 Å². The number of amides is 1. The van der Waals surface area contributed by atoms with E-state index in [2.05, 4.69) is 15.6 Å². The molecule has 0 atom stereocenters. The van der Waals surface area contributed by atoms with E-state index in [0.717, 1.165) is 5.56 Å². The predicted octanol–water partition coefficient (Wildman–Crippen LogP) is 1.71. The number of nitrogens with zero attached hydrogens (tertiary/aromatic N) is 3. The molecule has 86 valence electrons. The predicted molar refractivity (Wildman–Crippen MR) is 64.9 cm³/mol. The summed E-state index contributed by atoms with van der Waals surface area (Å²) in [5.41, 5.74) is 3.40. The summed E-state index contributed by atoms with van der Waals surface area (Å²) in [6.45, 7) is 0. The molecular formula is C11H9ClN4O. The van der Waals surface area contributed by atoms with Gasteiger partial charge in [0, 0.05) is 11.1 Å². The van der Waals surface area contributed by atoms with Crippen LogP contribution in [0.3, 0.4) is 0 Å². The minimum absolute atomic E-state index is 0.273. The van der Waals surface area contributed by atoms with E-state index < -0.39 is 0 Å². The summed E-state index contributed by atoms with van der Waals surface area (Å²) in [6.07, 6.45) is 5.87. The summed E-state index contributed by atoms with van der Waals surface area (Å²) >= 11 is 5.82. The molecule has 0 radical (unpaired) electrons. The van der Waals surface area contributed by atoms with Crippen LogP contribution in [0.5, 0.6) is 0 Å². The smallest absolute Gasteiger partial charge is 0.262 e. The first-order valence-corrected chi connectivity index (χ1v) is 5.21. The molecular weight excluding hydrogens is 240 g/mol. The third-order valence-corrected chi connectivity index (χ3v) is 2.17. The fourth-order valence-corrected chi connectivity index (χ4v) is 1.40. The quantitative estimate of drug-likeness (QED) is 0.842. The van der Waals surface area contributed by atoms with E-state index in [0.29, 0.717) is 5.02 Å². The van der Waals surface area contributed by atoms with Gasteiger partial charge in [-0.25, -0.2) is 4.68 Å². The lowest BCUT2D eigenvalue weighted by molar-refractivity contribution is -0.112. The fraction of sp³-hybridized carbons (Fsp3) is 0. The Morgan fingerprint density at radius 1 is 1.35 bits per heavy atom. The van der Waals surface area contributed by atoms with Crippen LogP contribution >= 0.6 is 11.6 Å². The zero-order chi connectivity index (χ0) is 12.1. The SMILES string of the molecule is O=C(C=Cc1cccc(Cl)c1)Nn1cnnc1. The number of aromatic nitrogens is 3. The maximum absolute atomic E-state index is 11.5. The van der Waals surface area contributed by atoms with Gasteiger partial charge in [-0.1, -0.05) is 23.7 Å². The van der Waals surface area contributed by atoms with Crippen LogP contribution in [0, 0.1) is 0 Å². The Morgan fingerprint density at radius 2 is 2.12 bits per heavy atom. The Morgan fingerprint density at radius 3 is 2.82 bits per heavy atom. The Kier molecular flexibility index (Phi) is 3.52. The molecule has 0 aliphatic heterocycles. The number of benzene rings is 1. The first-order chi connectivity index (χ1) is 8.24. The lowest BCUT2D eigenvalue weighted by Crippen LogP contribution is -2.18. The van der Waals surface area contributed by atoms with Gasteiger partial charge in [-0.05, 0) is 23.8 Å². The van der Waals surface area contributed by atoms with E-state index >= 15 is 0 Å². The highest BCUT2D eigenvalue weighted by Crippen LogP contribution is 2.11. The second kappa shape index (κ2) is 5.27. The fourth-order valence-electron chi connectivity index (χ4n) is 1.21. The molecule has 0 fully saturated rings. The van der Waals surface area contributed by atoms with Crippen LogP contribution in [0.25, 0.3) is 6.08 Å². The van der Waals surface area contributed by atoms with Crippen molar-refractivity contribution in [2.75, 3.05) is 5.43 Å². The van der Waals surface area contributed by atoms with Crippen LogP contribution in [0.15, 0.2) is 43.0 Å². The molecule has 2 rings (SSSR count). The van der Waals surface area contributed by atoms with Crippen molar-refractivity contribution in [1.82, 2.24) is 14.9 Å². The molecule has 0 aliphatic rings. The third-order valence-electron chi connectivity index (χ3n) is 1.93. The number of carbonyl (C=O) groups excluding carboxylic acids is 1. The van der Waals surface area contributed by atoms with Crippen LogP contribution < -0.4 is 5.43 Å². The number of hydrogen-bond acceptors (Lipinski definition) is 3. The summed E-state index contributed by atoms with van der Waals surface area (Å²) < 4.78 is 1.37. The van der Waals surface area contributed by atoms with Gasteiger partial charge in [0.25, 0.3) is 5.91 Å². The number of rotatable bonds is 3. The normalized spacial score (nSPS) is 10.6. The van der Waals surface area contributed by atoms with Crippen molar-refractivity contribution in [3.63, 3.8) is 0 Å². The van der Waals surface area contributed by atoms with E-state index in [1.807, 2.05) is 12.1 Å². The first kappa shape index (κ1) is 11.3. The van der Waals surface area contributed by atoms with E-state index in [1.165, 1.54) is 23.4 Å². The van der Waals surface area contributed by atoms with E-state index in [-0.39, 0.29) is 5.91 Å². The summed E-state index contributed by atoms with van der Waals surface area (Å²) in [5, 5.41) is 7.75. The number of carbonyl (C=O) groups is 1. The molecule has 1 N–H and O–H groups in total. The van der Waals surface area contributed by atoms with Crippen molar-refractivity contribution in [1.29, 1.82) is 0 Å². The van der Waals surface area contributed by atoms with Crippen molar-refractivity contribution >= 4 is 23.6 Å². The molecule has 1 amide bonds. The summed E-state index contributed by atoms with van der Waals surface area (Å²) in [6, 6.07) is 7.22. The molecule has 1 aromatic heterocycles. The van der Waals surface area contributed by atoms with Gasteiger partial charge in [-0.3, -0.25) is 10.2 Å². The molecule has 0 saturated heterocycles. The molecule has 0 bridgehead atoms. The van der Waals surface area contributed by atoms with Gasteiger partial charge in [0.15, 0.2) is 0 Å². The van der Waals surface area contributed by atoms with Gasteiger partial charge in [-0.15, -0.1) is 10.2 Å². The maximum atomic E-state index is 11.5. The molecule has 2 aromatic rings. The zero-order valence-corrected chi connectivity index (χ0v) is 9.50. The van der Waals surface area contributed by atoms with Gasteiger partial charge in [0.1, 0.15) is 12.7 Å². The van der Waals surface area contributed by atoms with Gasteiger partial charge in [0.2, 0.25) is 0 Å². The summed E-state index contributed by atoms with van der Waals surface area (Å²) in [4.78, 5) is 11.5. The molecule has 0 saturated carbocycles. The maximum Gasteiger partial charge on any atom is 0.262 e. The van der Waals surface area contributed by atoms with E-state index in [1.54, 1.807) is 18.2 Å². The Labute approximate surface area is 103 Å². The van der Waals surface area contributed by atoms with Crippen LogP contribution in [0.4, 0.5) is 0 Å². The molecule has 0 unspecified atom stereocenters. The monoisotopic (exact) mass is 248 g/mol. The highest BCUT2D eigenvalue weighted by atomic mass is 35.5. The lowest BCUT2D eigenvalue weighted by atomic mass is 10.2. The number of nitrogens with one attached hydrogen (secondary N) is 1. The van der Waals surface area contributed by atoms with E-state index in [9.17, 15) is 4.79 Å². The van der Waals surface area contributed by atoms with Crippen LogP contribution in [0.1, 0.15) is 5.56 Å². The highest BCUT2D eigenvalue weighted by molar-refractivity contribution is 6.30. The zero-order valence-electron chi connectivity index (χ0n) is 8.75. The Bertz CT molecular complexity index is 536. The third kappa shape index (κ3) is 3.42. The van der Waals surface area contributed by atoms with Crippen molar-refractivity contribution in [2.45, 2.75) is 0 Å². The Balaban J connectivity index is 1.99. The average Bonchev–Trinajstić information content (AvgIpc) is 2.79. The van der Waals surface area contributed by atoms with Crippen molar-refractivity contribution < 1.29 is 4.79 Å². The molecule has 1 heterocycles. The Hall–Kier alpha value is -2.14. The highest BCUT2D eigenvalue weighted by Gasteiger charge is 1.96. The van der Waals surface area contributed by atoms with Crippen molar-refractivity contribution in [2.24, 2.45) is 0 Å². The average molecular weight is 249 g/mol. The standard InChI is InChI=1S/C11H9ClN4O/c12-10-3-1-2-9(6-10)4-5-11(17)15-16-7-13-14-8-16/h1-8H,(H,15,17). The molecule has 6 heteroatoms. The molecule has 5 nitrogen and oxygen atoms in total.